The molecule has 0 bridgehead atoms. The van der Waals surface area contributed by atoms with E-state index in [4.69, 9.17) is 11.6 Å². The zero-order valence-corrected chi connectivity index (χ0v) is 9.80. The summed E-state index contributed by atoms with van der Waals surface area (Å²) in [5.74, 6) is -1.74. The van der Waals surface area contributed by atoms with E-state index >= 15 is 0 Å². The van der Waals surface area contributed by atoms with Gasteiger partial charge in [-0.15, -0.1) is 0 Å². The number of carbonyl (C=O) groups is 2. The maximum Gasteiger partial charge on any atom is 0.397 e. The Kier molecular flexibility index (Phi) is 4.31. The molecule has 1 N–H and O–H groups in total. The molecule has 0 radical (unpaired) electrons. The van der Waals surface area contributed by atoms with Crippen LogP contribution in [0.2, 0.25) is 5.02 Å². The Hall–Kier alpha value is -1.55. The molecule has 1 rings (SSSR count). The largest absolute Gasteiger partial charge is 0.459 e. The second-order valence-electron chi connectivity index (χ2n) is 3.11. The van der Waals surface area contributed by atoms with Crippen molar-refractivity contribution in [2.24, 2.45) is 0 Å². The summed E-state index contributed by atoms with van der Waals surface area (Å²) in [4.78, 5) is 22.5. The van der Waals surface area contributed by atoms with Crippen LogP contribution in [-0.4, -0.2) is 18.5 Å². The van der Waals surface area contributed by atoms with Gasteiger partial charge in [-0.2, -0.15) is 0 Å². The van der Waals surface area contributed by atoms with Crippen molar-refractivity contribution in [3.8, 4) is 0 Å². The molecule has 16 heavy (non-hydrogen) atoms. The first-order valence-corrected chi connectivity index (χ1v) is 5.17. The number of carbonyl (C=O) groups excluding carboxylic acids is 2. The van der Waals surface area contributed by atoms with Gasteiger partial charge in [0.25, 0.3) is 0 Å². The van der Waals surface area contributed by atoms with Crippen LogP contribution in [0.15, 0.2) is 18.2 Å². The van der Waals surface area contributed by atoms with E-state index in [0.29, 0.717) is 10.7 Å². The molecule has 0 aliphatic heterocycles. The van der Waals surface area contributed by atoms with Crippen molar-refractivity contribution in [2.45, 2.75) is 13.8 Å². The first-order valence-electron chi connectivity index (χ1n) is 4.79. The van der Waals surface area contributed by atoms with E-state index in [1.807, 2.05) is 0 Å². The first-order chi connectivity index (χ1) is 7.56. The third-order valence-corrected chi connectivity index (χ3v) is 2.24. The Morgan fingerprint density at radius 1 is 1.44 bits per heavy atom. The summed E-state index contributed by atoms with van der Waals surface area (Å²) < 4.78 is 4.56. The monoisotopic (exact) mass is 241 g/mol. The van der Waals surface area contributed by atoms with Gasteiger partial charge in [0.15, 0.2) is 0 Å². The highest BCUT2D eigenvalue weighted by Gasteiger charge is 2.16. The van der Waals surface area contributed by atoms with Gasteiger partial charge in [-0.3, -0.25) is 4.79 Å². The highest BCUT2D eigenvalue weighted by molar-refractivity contribution is 6.40. The molecule has 0 saturated heterocycles. The molecular formula is C11H12ClNO3. The maximum atomic E-state index is 11.4. The van der Waals surface area contributed by atoms with Crippen LogP contribution in [0.25, 0.3) is 0 Å². The van der Waals surface area contributed by atoms with Crippen molar-refractivity contribution in [2.75, 3.05) is 11.9 Å². The Morgan fingerprint density at radius 3 is 2.69 bits per heavy atom. The fraction of sp³-hybridized carbons (Fsp3) is 0.273. The van der Waals surface area contributed by atoms with Crippen molar-refractivity contribution in [1.29, 1.82) is 0 Å². The predicted octanol–water partition coefficient (Wildman–Crippen LogP) is 2.15. The van der Waals surface area contributed by atoms with Gasteiger partial charge in [-0.25, -0.2) is 4.79 Å². The smallest absolute Gasteiger partial charge is 0.397 e. The number of amides is 1. The van der Waals surface area contributed by atoms with Gasteiger partial charge in [0.1, 0.15) is 0 Å². The van der Waals surface area contributed by atoms with Crippen LogP contribution in [0.3, 0.4) is 0 Å². The first kappa shape index (κ1) is 12.5. The molecule has 0 heterocycles. The van der Waals surface area contributed by atoms with E-state index in [0.717, 1.165) is 5.56 Å². The van der Waals surface area contributed by atoms with E-state index in [1.54, 1.807) is 32.0 Å². The third kappa shape index (κ3) is 2.97. The lowest BCUT2D eigenvalue weighted by atomic mass is 10.2. The van der Waals surface area contributed by atoms with Crippen molar-refractivity contribution < 1.29 is 14.3 Å². The van der Waals surface area contributed by atoms with Gasteiger partial charge in [-0.05, 0) is 25.5 Å². The molecular weight excluding hydrogens is 230 g/mol. The van der Waals surface area contributed by atoms with Gasteiger partial charge in [-0.1, -0.05) is 23.7 Å². The van der Waals surface area contributed by atoms with E-state index < -0.39 is 11.9 Å². The van der Waals surface area contributed by atoms with Crippen LogP contribution >= 0.6 is 11.6 Å². The number of rotatable bonds is 2. The highest BCUT2D eigenvalue weighted by atomic mass is 35.5. The zero-order chi connectivity index (χ0) is 12.1. The van der Waals surface area contributed by atoms with E-state index in [2.05, 4.69) is 10.1 Å². The topological polar surface area (TPSA) is 55.4 Å². The fourth-order valence-electron chi connectivity index (χ4n) is 1.15. The number of benzene rings is 1. The molecule has 0 atom stereocenters. The molecule has 1 aromatic carbocycles. The van der Waals surface area contributed by atoms with Crippen LogP contribution in [0.1, 0.15) is 12.5 Å². The molecule has 5 heteroatoms. The van der Waals surface area contributed by atoms with E-state index in [9.17, 15) is 9.59 Å². The van der Waals surface area contributed by atoms with Crippen LogP contribution in [0.4, 0.5) is 5.69 Å². The summed E-state index contributed by atoms with van der Waals surface area (Å²) in [6.07, 6.45) is 0. The molecule has 1 amide bonds. The fourth-order valence-corrected chi connectivity index (χ4v) is 1.42. The molecule has 0 aliphatic carbocycles. The van der Waals surface area contributed by atoms with Crippen LogP contribution in [-0.2, 0) is 14.3 Å². The molecule has 0 fully saturated rings. The minimum absolute atomic E-state index is 0.160. The molecule has 0 aromatic heterocycles. The second-order valence-corrected chi connectivity index (χ2v) is 3.51. The summed E-state index contributed by atoms with van der Waals surface area (Å²) in [7, 11) is 0. The molecule has 0 unspecified atom stereocenters. The Bertz CT molecular complexity index is 397. The standard InChI is InChI=1S/C11H12ClNO3/c1-3-16-11(15)10(14)13-9-7(2)5-4-6-8(9)12/h4-6H,3H2,1-2H3,(H,13,14). The number of anilines is 1. The van der Waals surface area contributed by atoms with Gasteiger partial charge < -0.3 is 10.1 Å². The highest BCUT2D eigenvalue weighted by Crippen LogP contribution is 2.24. The second kappa shape index (κ2) is 5.51. The number of para-hydroxylation sites is 1. The lowest BCUT2D eigenvalue weighted by Crippen LogP contribution is -2.25. The number of nitrogens with one attached hydrogen (secondary N) is 1. The minimum atomic E-state index is -0.915. The Morgan fingerprint density at radius 2 is 2.12 bits per heavy atom. The number of ether oxygens (including phenoxy) is 1. The molecule has 86 valence electrons. The summed E-state index contributed by atoms with van der Waals surface area (Å²) in [5, 5.41) is 2.80. The average molecular weight is 242 g/mol. The number of hydrogen-bond acceptors (Lipinski definition) is 3. The zero-order valence-electron chi connectivity index (χ0n) is 9.04. The van der Waals surface area contributed by atoms with Gasteiger partial charge in [0, 0.05) is 0 Å². The summed E-state index contributed by atoms with van der Waals surface area (Å²) in [6.45, 7) is 3.58. The van der Waals surface area contributed by atoms with Gasteiger partial charge in [0.2, 0.25) is 0 Å². The van der Waals surface area contributed by atoms with Crippen molar-refractivity contribution in [3.05, 3.63) is 28.8 Å². The van der Waals surface area contributed by atoms with E-state index in [-0.39, 0.29) is 6.61 Å². The van der Waals surface area contributed by atoms with Crippen LogP contribution in [0.5, 0.6) is 0 Å². The number of halogens is 1. The SMILES string of the molecule is CCOC(=O)C(=O)Nc1c(C)cccc1Cl. The molecule has 1 aromatic rings. The van der Waals surface area contributed by atoms with E-state index in [1.165, 1.54) is 0 Å². The maximum absolute atomic E-state index is 11.4. The predicted molar refractivity (Wildman–Crippen MR) is 61.5 cm³/mol. The summed E-state index contributed by atoms with van der Waals surface area (Å²) in [5.41, 5.74) is 1.22. The van der Waals surface area contributed by atoms with Crippen LogP contribution < -0.4 is 5.32 Å². The number of hydrogen-bond donors (Lipinski definition) is 1. The minimum Gasteiger partial charge on any atom is -0.459 e. The summed E-state index contributed by atoms with van der Waals surface area (Å²) in [6, 6.07) is 5.18. The lowest BCUT2D eigenvalue weighted by Gasteiger charge is -2.09. The number of esters is 1. The number of aryl methyl sites for hydroxylation is 1. The normalized spacial score (nSPS) is 9.69. The van der Waals surface area contributed by atoms with Crippen molar-refractivity contribution in [1.82, 2.24) is 0 Å². The molecule has 0 saturated carbocycles. The van der Waals surface area contributed by atoms with Crippen molar-refractivity contribution >= 4 is 29.2 Å². The average Bonchev–Trinajstić information content (AvgIpc) is 2.23. The van der Waals surface area contributed by atoms with Crippen molar-refractivity contribution in [3.63, 3.8) is 0 Å². The Balaban J connectivity index is 2.81. The summed E-state index contributed by atoms with van der Waals surface area (Å²) >= 11 is 5.89. The van der Waals surface area contributed by atoms with Gasteiger partial charge >= 0.3 is 11.9 Å². The third-order valence-electron chi connectivity index (χ3n) is 1.92. The quantitative estimate of drug-likeness (QED) is 0.638. The molecule has 4 nitrogen and oxygen atoms in total. The molecule has 0 aliphatic rings. The van der Waals surface area contributed by atoms with Crippen LogP contribution in [0, 0.1) is 6.92 Å². The van der Waals surface area contributed by atoms with Gasteiger partial charge in [0.05, 0.1) is 17.3 Å². The molecule has 0 spiro atoms. The lowest BCUT2D eigenvalue weighted by molar-refractivity contribution is -0.152. The Labute approximate surface area is 98.5 Å².